The Morgan fingerprint density at radius 1 is 1.44 bits per heavy atom. The van der Waals surface area contributed by atoms with Gasteiger partial charge in [-0.05, 0) is 32.1 Å². The van der Waals surface area contributed by atoms with E-state index in [2.05, 4.69) is 23.4 Å². The van der Waals surface area contributed by atoms with Crippen LogP contribution in [0.1, 0.15) is 32.6 Å². The molecule has 2 rings (SSSR count). The van der Waals surface area contributed by atoms with Gasteiger partial charge in [0.2, 0.25) is 5.91 Å². The van der Waals surface area contributed by atoms with Crippen LogP contribution in [0.2, 0.25) is 0 Å². The predicted octanol–water partition coefficient (Wildman–Crippen LogP) is 1.48. The molecule has 2 aliphatic rings. The van der Waals surface area contributed by atoms with Gasteiger partial charge in [0, 0.05) is 30.3 Å². The molecule has 1 amide bonds. The van der Waals surface area contributed by atoms with Crippen molar-refractivity contribution < 1.29 is 4.79 Å². The Bertz CT molecular complexity index is 245. The molecule has 3 unspecified atom stereocenters. The van der Waals surface area contributed by atoms with Crippen LogP contribution < -0.4 is 5.32 Å². The zero-order chi connectivity index (χ0) is 11.5. The molecule has 2 fully saturated rings. The number of fused-ring (bicyclic) bond motifs is 2. The molecular weight excluding hydrogens is 220 g/mol. The smallest absolute Gasteiger partial charge is 0.224 e. The number of amides is 1. The van der Waals surface area contributed by atoms with Crippen LogP contribution in [0.4, 0.5) is 0 Å². The van der Waals surface area contributed by atoms with Gasteiger partial charge in [-0.3, -0.25) is 4.79 Å². The Kier molecular flexibility index (Phi) is 4.14. The van der Waals surface area contributed by atoms with Gasteiger partial charge in [0.1, 0.15) is 0 Å². The molecular formula is C12H22N2OS. The lowest BCUT2D eigenvalue weighted by Crippen LogP contribution is -2.43. The van der Waals surface area contributed by atoms with E-state index in [0.717, 1.165) is 19.5 Å². The van der Waals surface area contributed by atoms with Crippen molar-refractivity contribution in [3.05, 3.63) is 0 Å². The number of nitrogens with zero attached hydrogens (tertiary/aromatic N) is 1. The Balaban J connectivity index is 1.99. The van der Waals surface area contributed by atoms with E-state index < -0.39 is 0 Å². The highest BCUT2D eigenvalue weighted by molar-refractivity contribution is 7.99. The molecule has 1 N–H and O–H groups in total. The number of carbonyl (C=O) groups excluding carboxylic acids is 1. The summed E-state index contributed by atoms with van der Waals surface area (Å²) in [6.45, 7) is 4.21. The summed E-state index contributed by atoms with van der Waals surface area (Å²) in [5.41, 5.74) is 0. The lowest BCUT2D eigenvalue weighted by molar-refractivity contribution is -0.133. The second-order valence-corrected chi connectivity index (χ2v) is 6.21. The van der Waals surface area contributed by atoms with Gasteiger partial charge < -0.3 is 10.2 Å². The summed E-state index contributed by atoms with van der Waals surface area (Å²) in [7, 11) is 0. The summed E-state index contributed by atoms with van der Waals surface area (Å²) in [5.74, 6) is 0.373. The molecule has 3 nitrogen and oxygen atoms in total. The first-order chi connectivity index (χ1) is 7.72. The Labute approximate surface area is 102 Å². The molecule has 2 saturated heterocycles. The minimum atomic E-state index is 0.373. The first kappa shape index (κ1) is 12.2. The highest BCUT2D eigenvalue weighted by Gasteiger charge is 2.37. The molecule has 2 heterocycles. The minimum Gasteiger partial charge on any atom is -0.335 e. The first-order valence-electron chi connectivity index (χ1n) is 6.27. The fraction of sp³-hybridized carbons (Fsp3) is 0.917. The second-order valence-electron chi connectivity index (χ2n) is 4.93. The normalized spacial score (nSPS) is 31.2. The van der Waals surface area contributed by atoms with E-state index in [-0.39, 0.29) is 0 Å². The van der Waals surface area contributed by atoms with Crippen molar-refractivity contribution in [1.82, 2.24) is 10.2 Å². The summed E-state index contributed by atoms with van der Waals surface area (Å²) >= 11 is 1.78. The van der Waals surface area contributed by atoms with Crippen molar-refractivity contribution >= 4 is 17.7 Å². The molecule has 0 aromatic heterocycles. The lowest BCUT2D eigenvalue weighted by atomic mass is 10.1. The predicted molar refractivity (Wildman–Crippen MR) is 68.7 cm³/mol. The zero-order valence-corrected chi connectivity index (χ0v) is 11.1. The van der Waals surface area contributed by atoms with Crippen molar-refractivity contribution in [3.63, 3.8) is 0 Å². The summed E-state index contributed by atoms with van der Waals surface area (Å²) < 4.78 is 0. The van der Waals surface area contributed by atoms with E-state index in [9.17, 15) is 4.79 Å². The molecule has 2 aliphatic heterocycles. The summed E-state index contributed by atoms with van der Waals surface area (Å²) in [6.07, 6.45) is 6.32. The van der Waals surface area contributed by atoms with Crippen LogP contribution >= 0.6 is 11.8 Å². The van der Waals surface area contributed by atoms with Gasteiger partial charge in [0.05, 0.1) is 0 Å². The third kappa shape index (κ3) is 2.54. The number of hydrogen-bond acceptors (Lipinski definition) is 3. The first-order valence-corrected chi connectivity index (χ1v) is 7.56. The van der Waals surface area contributed by atoms with E-state index in [1.165, 1.54) is 12.8 Å². The van der Waals surface area contributed by atoms with Crippen LogP contribution in [-0.2, 0) is 4.79 Å². The zero-order valence-electron chi connectivity index (χ0n) is 10.2. The van der Waals surface area contributed by atoms with Crippen LogP contribution in [0.15, 0.2) is 0 Å². The van der Waals surface area contributed by atoms with Crippen LogP contribution in [0.25, 0.3) is 0 Å². The van der Waals surface area contributed by atoms with Crippen LogP contribution in [0.3, 0.4) is 0 Å². The molecule has 92 valence electrons. The average molecular weight is 242 g/mol. The molecule has 0 aromatic carbocycles. The number of carbonyl (C=O) groups is 1. The molecule has 0 aromatic rings. The van der Waals surface area contributed by atoms with Gasteiger partial charge in [-0.25, -0.2) is 0 Å². The fourth-order valence-electron chi connectivity index (χ4n) is 2.82. The van der Waals surface area contributed by atoms with Gasteiger partial charge in [0.25, 0.3) is 0 Å². The van der Waals surface area contributed by atoms with Gasteiger partial charge in [-0.2, -0.15) is 11.8 Å². The maximum atomic E-state index is 12.3. The van der Waals surface area contributed by atoms with E-state index in [1.54, 1.807) is 11.8 Å². The monoisotopic (exact) mass is 242 g/mol. The number of hydrogen-bond donors (Lipinski definition) is 1. The summed E-state index contributed by atoms with van der Waals surface area (Å²) in [5, 5.41) is 3.88. The van der Waals surface area contributed by atoms with E-state index in [0.29, 0.717) is 29.7 Å². The van der Waals surface area contributed by atoms with Crippen LogP contribution in [0.5, 0.6) is 0 Å². The quantitative estimate of drug-likeness (QED) is 0.813. The van der Waals surface area contributed by atoms with Crippen molar-refractivity contribution in [2.45, 2.75) is 49.9 Å². The molecule has 16 heavy (non-hydrogen) atoms. The van der Waals surface area contributed by atoms with Crippen LogP contribution in [0, 0.1) is 0 Å². The van der Waals surface area contributed by atoms with Crippen molar-refractivity contribution in [1.29, 1.82) is 0 Å². The Morgan fingerprint density at radius 2 is 2.19 bits per heavy atom. The maximum absolute atomic E-state index is 12.3. The van der Waals surface area contributed by atoms with Gasteiger partial charge in [-0.15, -0.1) is 0 Å². The van der Waals surface area contributed by atoms with Gasteiger partial charge in [-0.1, -0.05) is 6.92 Å². The highest BCUT2D eigenvalue weighted by Crippen LogP contribution is 2.29. The largest absolute Gasteiger partial charge is 0.335 e. The highest BCUT2D eigenvalue weighted by atomic mass is 32.2. The third-order valence-corrected chi connectivity index (χ3v) is 4.78. The molecule has 0 aliphatic carbocycles. The van der Waals surface area contributed by atoms with Crippen molar-refractivity contribution in [2.75, 3.05) is 19.3 Å². The number of nitrogens with one attached hydrogen (secondary N) is 1. The van der Waals surface area contributed by atoms with Crippen molar-refractivity contribution in [3.8, 4) is 0 Å². The maximum Gasteiger partial charge on any atom is 0.224 e. The van der Waals surface area contributed by atoms with E-state index in [1.807, 2.05) is 0 Å². The van der Waals surface area contributed by atoms with Gasteiger partial charge in [0.15, 0.2) is 0 Å². The van der Waals surface area contributed by atoms with Crippen LogP contribution in [-0.4, -0.2) is 47.5 Å². The SMILES string of the molecule is CSC(C)CC(=O)N1C2CCNCC1CC2. The Morgan fingerprint density at radius 3 is 2.94 bits per heavy atom. The number of thioether (sulfide) groups is 1. The molecule has 0 radical (unpaired) electrons. The summed E-state index contributed by atoms with van der Waals surface area (Å²) in [4.78, 5) is 14.5. The summed E-state index contributed by atoms with van der Waals surface area (Å²) in [6, 6.07) is 0.982. The minimum absolute atomic E-state index is 0.373. The molecule has 0 saturated carbocycles. The Hall–Kier alpha value is -0.220. The lowest BCUT2D eigenvalue weighted by Gasteiger charge is -2.28. The fourth-order valence-corrected chi connectivity index (χ4v) is 3.13. The number of rotatable bonds is 3. The molecule has 2 bridgehead atoms. The third-order valence-electron chi connectivity index (χ3n) is 3.81. The van der Waals surface area contributed by atoms with Crippen molar-refractivity contribution in [2.24, 2.45) is 0 Å². The van der Waals surface area contributed by atoms with Gasteiger partial charge >= 0.3 is 0 Å². The van der Waals surface area contributed by atoms with E-state index in [4.69, 9.17) is 0 Å². The average Bonchev–Trinajstić information content (AvgIpc) is 2.52. The van der Waals surface area contributed by atoms with E-state index >= 15 is 0 Å². The molecule has 0 spiro atoms. The molecule has 4 heteroatoms. The second kappa shape index (κ2) is 5.41. The standard InChI is InChI=1S/C12H22N2OS/c1-9(16-2)7-12(15)14-10-3-4-11(14)8-13-6-5-10/h9-11,13H,3-8H2,1-2H3. The molecule has 3 atom stereocenters. The topological polar surface area (TPSA) is 32.3 Å².